The van der Waals surface area contributed by atoms with Crippen molar-refractivity contribution in [2.45, 2.75) is 25.4 Å². The fourth-order valence-corrected chi connectivity index (χ4v) is 2.47. The van der Waals surface area contributed by atoms with Crippen LogP contribution in [0, 0.1) is 11.3 Å². The Kier molecular flexibility index (Phi) is 1.82. The van der Waals surface area contributed by atoms with E-state index < -0.39 is 6.17 Å². The van der Waals surface area contributed by atoms with Crippen LogP contribution in [0.5, 0.6) is 0 Å². The molecule has 2 aliphatic rings. The molecule has 2 saturated carbocycles. The van der Waals surface area contributed by atoms with Crippen molar-refractivity contribution in [3.8, 4) is 0 Å². The third-order valence-electron chi connectivity index (χ3n) is 3.04. The van der Waals surface area contributed by atoms with E-state index in [9.17, 15) is 4.39 Å². The molecular formula is C9H12BrF. The second-order valence-corrected chi connectivity index (χ2v) is 4.30. The lowest BCUT2D eigenvalue weighted by molar-refractivity contribution is 0.306. The quantitative estimate of drug-likeness (QED) is 0.494. The van der Waals surface area contributed by atoms with E-state index in [4.69, 9.17) is 0 Å². The molecule has 0 heterocycles. The van der Waals surface area contributed by atoms with Crippen LogP contribution in [0.4, 0.5) is 4.39 Å². The number of hydrogen-bond acceptors (Lipinski definition) is 0. The molecule has 3 atom stereocenters. The van der Waals surface area contributed by atoms with Gasteiger partial charge in [-0.25, -0.2) is 4.39 Å². The van der Waals surface area contributed by atoms with Crippen LogP contribution in [0.1, 0.15) is 19.3 Å². The largest absolute Gasteiger partial charge is 0.247 e. The van der Waals surface area contributed by atoms with Crippen molar-refractivity contribution in [1.29, 1.82) is 0 Å². The van der Waals surface area contributed by atoms with Gasteiger partial charge in [0.2, 0.25) is 0 Å². The topological polar surface area (TPSA) is 0 Å². The molecule has 0 radical (unpaired) electrons. The molecule has 0 aromatic rings. The zero-order chi connectivity index (χ0) is 7.90. The molecule has 0 spiro atoms. The average Bonchev–Trinajstić information content (AvgIpc) is 2.66. The van der Waals surface area contributed by atoms with E-state index >= 15 is 0 Å². The summed E-state index contributed by atoms with van der Waals surface area (Å²) in [4.78, 5) is 0. The van der Waals surface area contributed by atoms with Crippen molar-refractivity contribution < 1.29 is 4.39 Å². The van der Waals surface area contributed by atoms with Gasteiger partial charge in [-0.05, 0) is 24.7 Å². The maximum Gasteiger partial charge on any atom is 0.104 e. The monoisotopic (exact) mass is 218 g/mol. The Hall–Kier alpha value is 0.150. The van der Waals surface area contributed by atoms with Gasteiger partial charge in [-0.1, -0.05) is 28.1 Å². The Morgan fingerprint density at radius 1 is 1.64 bits per heavy atom. The number of alkyl halides is 2. The molecule has 0 N–H and O–H groups in total. The summed E-state index contributed by atoms with van der Waals surface area (Å²) in [6.45, 7) is 0. The lowest BCUT2D eigenvalue weighted by Gasteiger charge is -2.01. The summed E-state index contributed by atoms with van der Waals surface area (Å²) in [6, 6.07) is 0. The number of hydrogen-bond donors (Lipinski definition) is 0. The minimum atomic E-state index is -0.505. The summed E-state index contributed by atoms with van der Waals surface area (Å²) < 4.78 is 13.0. The van der Waals surface area contributed by atoms with Crippen molar-refractivity contribution in [2.75, 3.05) is 5.33 Å². The first-order chi connectivity index (χ1) is 5.28. The third kappa shape index (κ3) is 1.16. The lowest BCUT2D eigenvalue weighted by Crippen LogP contribution is -1.95. The van der Waals surface area contributed by atoms with Gasteiger partial charge < -0.3 is 0 Å². The van der Waals surface area contributed by atoms with Crippen molar-refractivity contribution >= 4 is 15.9 Å². The predicted octanol–water partition coefficient (Wildman–Crippen LogP) is 3.08. The van der Waals surface area contributed by atoms with E-state index in [2.05, 4.69) is 28.1 Å². The highest BCUT2D eigenvalue weighted by atomic mass is 79.9. The van der Waals surface area contributed by atoms with E-state index in [-0.39, 0.29) is 0 Å². The minimum absolute atomic E-state index is 0.299. The van der Waals surface area contributed by atoms with E-state index in [0.717, 1.165) is 24.6 Å². The Labute approximate surface area is 75.0 Å². The second-order valence-electron chi connectivity index (χ2n) is 3.66. The zero-order valence-corrected chi connectivity index (χ0v) is 7.98. The molecule has 0 aromatic heterocycles. The smallest absolute Gasteiger partial charge is 0.104 e. The molecule has 11 heavy (non-hydrogen) atoms. The first-order valence-electron chi connectivity index (χ1n) is 4.16. The SMILES string of the molecule is FC1CCC2(/C=C/CBr)C[C@@H]12. The van der Waals surface area contributed by atoms with E-state index in [1.54, 1.807) is 0 Å². The average molecular weight is 219 g/mol. The van der Waals surface area contributed by atoms with Crippen LogP contribution in [0.15, 0.2) is 12.2 Å². The van der Waals surface area contributed by atoms with Crippen LogP contribution in [0.3, 0.4) is 0 Å². The van der Waals surface area contributed by atoms with Gasteiger partial charge in [0, 0.05) is 11.2 Å². The van der Waals surface area contributed by atoms with Crippen LogP contribution in [0.25, 0.3) is 0 Å². The van der Waals surface area contributed by atoms with Crippen LogP contribution >= 0.6 is 15.9 Å². The summed E-state index contributed by atoms with van der Waals surface area (Å²) in [5.74, 6) is 0.373. The summed E-state index contributed by atoms with van der Waals surface area (Å²) in [5, 5.41) is 0.901. The van der Waals surface area contributed by atoms with Crippen molar-refractivity contribution in [2.24, 2.45) is 11.3 Å². The molecule has 2 unspecified atom stereocenters. The van der Waals surface area contributed by atoms with Crippen LogP contribution in [-0.2, 0) is 0 Å². The molecule has 2 aliphatic carbocycles. The molecule has 2 fully saturated rings. The van der Waals surface area contributed by atoms with Crippen molar-refractivity contribution in [1.82, 2.24) is 0 Å². The summed E-state index contributed by atoms with van der Waals surface area (Å²) in [7, 11) is 0. The highest BCUT2D eigenvalue weighted by Gasteiger charge is 2.60. The molecular weight excluding hydrogens is 207 g/mol. The maximum absolute atomic E-state index is 13.0. The molecule has 0 amide bonds. The fourth-order valence-electron chi connectivity index (χ4n) is 2.29. The maximum atomic E-state index is 13.0. The summed E-state index contributed by atoms with van der Waals surface area (Å²) in [6.07, 6.45) is 6.77. The molecule has 0 bridgehead atoms. The van der Waals surface area contributed by atoms with Gasteiger partial charge >= 0.3 is 0 Å². The first-order valence-corrected chi connectivity index (χ1v) is 5.28. The van der Waals surface area contributed by atoms with Crippen LogP contribution in [0.2, 0.25) is 0 Å². The Morgan fingerprint density at radius 2 is 2.45 bits per heavy atom. The number of halogens is 2. The first kappa shape index (κ1) is 7.78. The molecule has 0 nitrogen and oxygen atoms in total. The van der Waals surface area contributed by atoms with Crippen molar-refractivity contribution in [3.05, 3.63) is 12.2 Å². The van der Waals surface area contributed by atoms with Gasteiger partial charge in [-0.2, -0.15) is 0 Å². The van der Waals surface area contributed by atoms with E-state index in [1.165, 1.54) is 0 Å². The molecule has 0 aliphatic heterocycles. The molecule has 2 heteroatoms. The van der Waals surface area contributed by atoms with Crippen LogP contribution < -0.4 is 0 Å². The minimum Gasteiger partial charge on any atom is -0.247 e. The van der Waals surface area contributed by atoms with E-state index in [0.29, 0.717) is 11.3 Å². The van der Waals surface area contributed by atoms with E-state index in [1.807, 2.05) is 0 Å². The predicted molar refractivity (Wildman–Crippen MR) is 47.6 cm³/mol. The summed E-state index contributed by atoms with van der Waals surface area (Å²) >= 11 is 3.33. The van der Waals surface area contributed by atoms with Gasteiger partial charge in [-0.3, -0.25) is 0 Å². The molecule has 62 valence electrons. The number of allylic oxidation sites excluding steroid dienone is 2. The number of rotatable bonds is 2. The van der Waals surface area contributed by atoms with Gasteiger partial charge in [0.05, 0.1) is 0 Å². The standard InChI is InChI=1S/C9H12BrF/c10-5-1-3-9-4-2-8(11)7(9)6-9/h1,3,7-8H,2,4-6H2/b3-1+/t7-,8?,9?/m0/s1. The van der Waals surface area contributed by atoms with Crippen molar-refractivity contribution in [3.63, 3.8) is 0 Å². The van der Waals surface area contributed by atoms with Gasteiger partial charge in [-0.15, -0.1) is 0 Å². The lowest BCUT2D eigenvalue weighted by atomic mass is 10.0. The van der Waals surface area contributed by atoms with Gasteiger partial charge in [0.1, 0.15) is 6.17 Å². The van der Waals surface area contributed by atoms with Gasteiger partial charge in [0.25, 0.3) is 0 Å². The van der Waals surface area contributed by atoms with Crippen LogP contribution in [-0.4, -0.2) is 11.5 Å². The Balaban J connectivity index is 2.01. The second kappa shape index (κ2) is 2.58. The molecule has 0 aromatic carbocycles. The number of fused-ring (bicyclic) bond motifs is 1. The third-order valence-corrected chi connectivity index (χ3v) is 3.41. The normalized spacial score (nSPS) is 48.2. The van der Waals surface area contributed by atoms with Gasteiger partial charge in [0.15, 0.2) is 0 Å². The molecule has 2 rings (SSSR count). The highest BCUT2D eigenvalue weighted by molar-refractivity contribution is 9.09. The Bertz CT molecular complexity index is 190. The Morgan fingerprint density at radius 3 is 2.91 bits per heavy atom. The molecule has 0 saturated heterocycles. The fraction of sp³-hybridized carbons (Fsp3) is 0.778. The zero-order valence-electron chi connectivity index (χ0n) is 6.39. The summed E-state index contributed by atoms with van der Waals surface area (Å²) in [5.41, 5.74) is 0.299. The highest BCUT2D eigenvalue weighted by Crippen LogP contribution is 2.65.